The third kappa shape index (κ3) is 10.9. The summed E-state index contributed by atoms with van der Waals surface area (Å²) in [6.45, 7) is 6.18. The molecule has 1 aromatic rings. The lowest BCUT2D eigenvalue weighted by Crippen LogP contribution is -2.48. The van der Waals surface area contributed by atoms with Crippen LogP contribution in [0, 0.1) is 0 Å². The van der Waals surface area contributed by atoms with Crippen LogP contribution in [0.25, 0.3) is 0 Å². The Kier molecular flexibility index (Phi) is 11.0. The number of aliphatic imine (C=N–C) groups is 1. The van der Waals surface area contributed by atoms with Crippen molar-refractivity contribution in [3.63, 3.8) is 0 Å². The predicted molar refractivity (Wildman–Crippen MR) is 116 cm³/mol. The van der Waals surface area contributed by atoms with Crippen LogP contribution in [0.2, 0.25) is 0 Å². The molecule has 0 aliphatic rings. The zero-order valence-corrected chi connectivity index (χ0v) is 19.1. The summed E-state index contributed by atoms with van der Waals surface area (Å²) in [5, 5.41) is 11.1. The Morgan fingerprint density at radius 2 is 1.52 bits per heavy atom. The fraction of sp³-hybridized carbons (Fsp3) is 0.500. The largest absolute Gasteiger partial charge is 0.416 e. The number of hydrogen-bond acceptors (Lipinski definition) is 3. The van der Waals surface area contributed by atoms with Crippen LogP contribution in [-0.4, -0.2) is 50.0 Å². The summed E-state index contributed by atoms with van der Waals surface area (Å²) >= 11 is 0. The summed E-state index contributed by atoms with van der Waals surface area (Å²) in [7, 11) is 1.54. The highest BCUT2D eigenvalue weighted by atomic mass is 127. The number of benzene rings is 1. The van der Waals surface area contributed by atoms with E-state index in [1.807, 2.05) is 20.8 Å². The molecule has 0 saturated carbocycles. The number of carbonyl (C=O) groups excluding carboxylic acids is 2. The van der Waals surface area contributed by atoms with Crippen LogP contribution >= 0.6 is 24.0 Å². The summed E-state index contributed by atoms with van der Waals surface area (Å²) in [5.41, 5.74) is -1.01. The van der Waals surface area contributed by atoms with Crippen molar-refractivity contribution in [1.82, 2.24) is 21.3 Å². The van der Waals surface area contributed by atoms with Gasteiger partial charge in [0.2, 0.25) is 5.91 Å². The Balaban J connectivity index is 0.00000784. The summed E-state index contributed by atoms with van der Waals surface area (Å²) < 4.78 is 37.6. The van der Waals surface area contributed by atoms with E-state index in [4.69, 9.17) is 0 Å². The van der Waals surface area contributed by atoms with Gasteiger partial charge in [0.1, 0.15) is 0 Å². The molecule has 0 saturated heterocycles. The van der Waals surface area contributed by atoms with E-state index in [0.717, 1.165) is 24.3 Å². The lowest BCUT2D eigenvalue weighted by Gasteiger charge is -2.21. The number of rotatable bonds is 6. The first-order chi connectivity index (χ1) is 12.9. The number of amides is 2. The summed E-state index contributed by atoms with van der Waals surface area (Å²) in [4.78, 5) is 27.7. The molecule has 4 N–H and O–H groups in total. The molecule has 7 nitrogen and oxygen atoms in total. The highest BCUT2D eigenvalue weighted by Crippen LogP contribution is 2.28. The first-order valence-electron chi connectivity index (χ1n) is 8.63. The van der Waals surface area contributed by atoms with Gasteiger partial charge in [-0.2, -0.15) is 13.2 Å². The second kappa shape index (κ2) is 11.8. The maximum Gasteiger partial charge on any atom is 0.416 e. The molecule has 29 heavy (non-hydrogen) atoms. The van der Waals surface area contributed by atoms with Crippen LogP contribution in [-0.2, 0) is 11.0 Å². The highest BCUT2D eigenvalue weighted by molar-refractivity contribution is 14.0. The fourth-order valence-electron chi connectivity index (χ4n) is 2.12. The van der Waals surface area contributed by atoms with Crippen molar-refractivity contribution in [2.45, 2.75) is 32.5 Å². The smallest absolute Gasteiger partial charge is 0.355 e. The molecule has 0 fully saturated rings. The van der Waals surface area contributed by atoms with Crippen molar-refractivity contribution in [2.24, 2.45) is 4.99 Å². The molecule has 0 atom stereocenters. The van der Waals surface area contributed by atoms with Crippen LogP contribution in [0.5, 0.6) is 0 Å². The third-order valence-electron chi connectivity index (χ3n) is 3.33. The molecule has 0 spiro atoms. The van der Waals surface area contributed by atoms with Crippen LogP contribution in [0.1, 0.15) is 36.7 Å². The Morgan fingerprint density at radius 3 is 2.00 bits per heavy atom. The number of halogens is 4. The molecular formula is C18H27F3IN5O2. The van der Waals surface area contributed by atoms with Gasteiger partial charge in [-0.1, -0.05) is 0 Å². The number of guanidine groups is 1. The van der Waals surface area contributed by atoms with E-state index in [9.17, 15) is 22.8 Å². The minimum atomic E-state index is -4.44. The Labute approximate surface area is 185 Å². The third-order valence-corrected chi connectivity index (χ3v) is 3.33. The molecule has 0 unspecified atom stereocenters. The van der Waals surface area contributed by atoms with Crippen molar-refractivity contribution in [2.75, 3.05) is 26.7 Å². The van der Waals surface area contributed by atoms with E-state index < -0.39 is 17.6 Å². The van der Waals surface area contributed by atoms with Gasteiger partial charge in [-0.25, -0.2) is 0 Å². The summed E-state index contributed by atoms with van der Waals surface area (Å²) in [5.74, 6) is -0.290. The maximum atomic E-state index is 12.5. The Bertz CT molecular complexity index is 701. The van der Waals surface area contributed by atoms with E-state index in [1.165, 1.54) is 7.05 Å². The van der Waals surface area contributed by atoms with E-state index in [1.54, 1.807) is 0 Å². The molecule has 0 aromatic heterocycles. The standard InChI is InChI=1S/C18H26F3N5O2.HI/c1-17(2,3)26-14(27)11-25-16(22-4)24-10-9-23-15(28)12-5-7-13(8-6-12)18(19,20)21;/h5-8H,9-11H2,1-4H3,(H,23,28)(H,26,27)(H2,22,24,25);1H. The lowest BCUT2D eigenvalue weighted by molar-refractivity contribution is -0.137. The lowest BCUT2D eigenvalue weighted by atomic mass is 10.1. The van der Waals surface area contributed by atoms with Gasteiger partial charge in [0.05, 0.1) is 12.1 Å². The molecule has 0 aliphatic heterocycles. The quantitative estimate of drug-likeness (QED) is 0.197. The average molecular weight is 529 g/mol. The van der Waals surface area contributed by atoms with Gasteiger partial charge >= 0.3 is 6.18 Å². The minimum absolute atomic E-state index is 0. The normalized spacial score (nSPS) is 11.9. The van der Waals surface area contributed by atoms with Gasteiger partial charge in [0, 0.05) is 31.2 Å². The molecule has 0 radical (unpaired) electrons. The van der Waals surface area contributed by atoms with Gasteiger partial charge in [-0.3, -0.25) is 14.6 Å². The number of hydrogen-bond donors (Lipinski definition) is 4. The minimum Gasteiger partial charge on any atom is -0.355 e. The Morgan fingerprint density at radius 1 is 0.966 bits per heavy atom. The van der Waals surface area contributed by atoms with Crippen molar-refractivity contribution >= 4 is 41.8 Å². The van der Waals surface area contributed by atoms with Crippen LogP contribution in [0.4, 0.5) is 13.2 Å². The van der Waals surface area contributed by atoms with Gasteiger partial charge in [0.15, 0.2) is 5.96 Å². The molecule has 11 heteroatoms. The molecule has 1 aromatic carbocycles. The molecule has 2 amide bonds. The SMILES string of the molecule is CN=C(NCCNC(=O)c1ccc(C(F)(F)F)cc1)NCC(=O)NC(C)(C)C.I. The van der Waals surface area contributed by atoms with Crippen LogP contribution in [0.15, 0.2) is 29.3 Å². The van der Waals surface area contributed by atoms with Crippen molar-refractivity contribution in [3.05, 3.63) is 35.4 Å². The first kappa shape index (κ1) is 27.0. The number of nitrogens with one attached hydrogen (secondary N) is 4. The molecule has 0 bridgehead atoms. The molecule has 0 heterocycles. The second-order valence-corrected chi connectivity index (χ2v) is 6.98. The number of carbonyl (C=O) groups is 2. The fourth-order valence-corrected chi connectivity index (χ4v) is 2.12. The van der Waals surface area contributed by atoms with Crippen LogP contribution < -0.4 is 21.3 Å². The van der Waals surface area contributed by atoms with E-state index in [0.29, 0.717) is 12.5 Å². The topological polar surface area (TPSA) is 94.6 Å². The van der Waals surface area contributed by atoms with E-state index >= 15 is 0 Å². The second-order valence-electron chi connectivity index (χ2n) is 6.98. The van der Waals surface area contributed by atoms with Gasteiger partial charge in [0.25, 0.3) is 5.91 Å². The average Bonchev–Trinajstić information content (AvgIpc) is 2.58. The first-order valence-corrected chi connectivity index (χ1v) is 8.63. The van der Waals surface area contributed by atoms with Crippen molar-refractivity contribution in [1.29, 1.82) is 0 Å². The van der Waals surface area contributed by atoms with E-state index in [2.05, 4.69) is 26.3 Å². The predicted octanol–water partition coefficient (Wildman–Crippen LogP) is 2.13. The molecule has 1 rings (SSSR count). The summed E-state index contributed by atoms with van der Waals surface area (Å²) in [6.07, 6.45) is -4.44. The number of nitrogens with zero attached hydrogens (tertiary/aromatic N) is 1. The highest BCUT2D eigenvalue weighted by Gasteiger charge is 2.30. The monoisotopic (exact) mass is 529 g/mol. The van der Waals surface area contributed by atoms with Crippen LogP contribution in [0.3, 0.4) is 0 Å². The zero-order valence-electron chi connectivity index (χ0n) is 16.7. The molecular weight excluding hydrogens is 502 g/mol. The van der Waals surface area contributed by atoms with Crippen molar-refractivity contribution in [3.8, 4) is 0 Å². The molecule has 164 valence electrons. The zero-order chi connectivity index (χ0) is 21.4. The maximum absolute atomic E-state index is 12.5. The van der Waals surface area contributed by atoms with E-state index in [-0.39, 0.29) is 54.1 Å². The molecule has 0 aliphatic carbocycles. The summed E-state index contributed by atoms with van der Waals surface area (Å²) in [6, 6.07) is 3.98. The van der Waals surface area contributed by atoms with Crippen molar-refractivity contribution < 1.29 is 22.8 Å². The van der Waals surface area contributed by atoms with Gasteiger partial charge < -0.3 is 21.3 Å². The van der Waals surface area contributed by atoms with Gasteiger partial charge in [-0.05, 0) is 45.0 Å². The Hall–Kier alpha value is -2.05. The van der Waals surface area contributed by atoms with Gasteiger partial charge in [-0.15, -0.1) is 24.0 Å². The number of alkyl halides is 3.